The largest absolute Gasteiger partial charge is 0.475 e. The number of ether oxygens (including phenoxy) is 2. The molecule has 1 fully saturated rings. The number of anilines is 1. The Hall–Kier alpha value is -3.48. The zero-order valence-corrected chi connectivity index (χ0v) is 16.9. The second kappa shape index (κ2) is 8.90. The molecule has 2 aromatic rings. The first kappa shape index (κ1) is 21.2. The van der Waals surface area contributed by atoms with Gasteiger partial charge in [-0.05, 0) is 13.8 Å². The lowest BCUT2D eigenvalue weighted by Gasteiger charge is -2.27. The minimum absolute atomic E-state index is 0.193. The van der Waals surface area contributed by atoms with Gasteiger partial charge in [0.15, 0.2) is 0 Å². The third-order valence-corrected chi connectivity index (χ3v) is 4.74. The van der Waals surface area contributed by atoms with Crippen LogP contribution in [0.15, 0.2) is 12.4 Å². The molecule has 0 bridgehead atoms. The van der Waals surface area contributed by atoms with Crippen LogP contribution in [-0.2, 0) is 16.1 Å². The SMILES string of the molecule is CCn1ncc(NC(=O)C(C)n2cc([N+](=O)[O-])c(OC)n2)c1C(=O)N1CCOCC1. The zero-order chi connectivity index (χ0) is 21.8. The monoisotopic (exact) mass is 421 g/mol. The van der Waals surface area contributed by atoms with Crippen molar-refractivity contribution >= 4 is 23.2 Å². The predicted octanol–water partition coefficient (Wildman–Crippen LogP) is 0.688. The molecule has 2 aromatic heterocycles. The van der Waals surface area contributed by atoms with Crippen molar-refractivity contribution in [1.29, 1.82) is 0 Å². The number of amides is 2. The number of carbonyl (C=O) groups excluding carboxylic acids is 2. The minimum atomic E-state index is -0.899. The summed E-state index contributed by atoms with van der Waals surface area (Å²) in [6.45, 7) is 5.61. The summed E-state index contributed by atoms with van der Waals surface area (Å²) in [4.78, 5) is 37.9. The molecule has 13 heteroatoms. The van der Waals surface area contributed by atoms with E-state index < -0.39 is 16.9 Å². The van der Waals surface area contributed by atoms with Crippen LogP contribution < -0.4 is 10.1 Å². The molecule has 0 aliphatic carbocycles. The topological polar surface area (TPSA) is 147 Å². The van der Waals surface area contributed by atoms with Crippen molar-refractivity contribution in [3.8, 4) is 5.88 Å². The lowest BCUT2D eigenvalue weighted by molar-refractivity contribution is -0.385. The maximum Gasteiger partial charge on any atom is 0.350 e. The molecule has 0 aromatic carbocycles. The maximum atomic E-state index is 13.0. The Bertz CT molecular complexity index is 947. The van der Waals surface area contributed by atoms with E-state index in [1.54, 1.807) is 4.90 Å². The van der Waals surface area contributed by atoms with Gasteiger partial charge in [0.05, 0.1) is 37.1 Å². The van der Waals surface area contributed by atoms with Gasteiger partial charge in [0.1, 0.15) is 17.9 Å². The van der Waals surface area contributed by atoms with Gasteiger partial charge in [-0.1, -0.05) is 0 Å². The molecular formula is C17H23N7O6. The number of nitrogens with zero attached hydrogens (tertiary/aromatic N) is 6. The summed E-state index contributed by atoms with van der Waals surface area (Å²) in [5.41, 5.74) is 0.182. The highest BCUT2D eigenvalue weighted by Crippen LogP contribution is 2.27. The molecule has 0 radical (unpaired) electrons. The summed E-state index contributed by atoms with van der Waals surface area (Å²) in [5, 5.41) is 21.9. The van der Waals surface area contributed by atoms with Crippen LogP contribution >= 0.6 is 0 Å². The molecule has 1 atom stereocenters. The van der Waals surface area contributed by atoms with Gasteiger partial charge >= 0.3 is 11.6 Å². The molecule has 0 spiro atoms. The van der Waals surface area contributed by atoms with Crippen molar-refractivity contribution in [2.24, 2.45) is 0 Å². The Morgan fingerprint density at radius 3 is 2.67 bits per heavy atom. The molecule has 1 aliphatic heterocycles. The van der Waals surface area contributed by atoms with E-state index in [4.69, 9.17) is 9.47 Å². The number of hydrogen-bond acceptors (Lipinski definition) is 8. The maximum absolute atomic E-state index is 13.0. The fourth-order valence-corrected chi connectivity index (χ4v) is 3.05. The number of nitro groups is 1. The van der Waals surface area contributed by atoms with Crippen molar-refractivity contribution in [3.05, 3.63) is 28.2 Å². The van der Waals surface area contributed by atoms with Gasteiger partial charge in [0.2, 0.25) is 5.91 Å². The van der Waals surface area contributed by atoms with Crippen molar-refractivity contribution < 1.29 is 24.0 Å². The van der Waals surface area contributed by atoms with Crippen LogP contribution in [0.3, 0.4) is 0 Å². The minimum Gasteiger partial charge on any atom is -0.475 e. The second-order valence-electron chi connectivity index (χ2n) is 6.55. The Labute approximate surface area is 171 Å². The second-order valence-corrected chi connectivity index (χ2v) is 6.55. The summed E-state index contributed by atoms with van der Waals surface area (Å²) in [6, 6.07) is -0.899. The van der Waals surface area contributed by atoms with E-state index in [2.05, 4.69) is 15.5 Å². The summed E-state index contributed by atoms with van der Waals surface area (Å²) < 4.78 is 12.8. The average molecular weight is 421 g/mol. The highest BCUT2D eigenvalue weighted by atomic mass is 16.6. The fraction of sp³-hybridized carbons (Fsp3) is 0.529. The molecule has 0 saturated carbocycles. The van der Waals surface area contributed by atoms with E-state index in [-0.39, 0.29) is 28.9 Å². The van der Waals surface area contributed by atoms with Crippen molar-refractivity contribution in [1.82, 2.24) is 24.5 Å². The fourth-order valence-electron chi connectivity index (χ4n) is 3.05. The number of aryl methyl sites for hydroxylation is 1. The van der Waals surface area contributed by atoms with E-state index in [0.29, 0.717) is 32.8 Å². The average Bonchev–Trinajstić information content (AvgIpc) is 3.37. The van der Waals surface area contributed by atoms with Gasteiger partial charge in [-0.25, -0.2) is 4.68 Å². The molecule has 2 amide bonds. The number of carbonyl (C=O) groups is 2. The van der Waals surface area contributed by atoms with Gasteiger partial charge in [0.25, 0.3) is 5.91 Å². The number of morpholine rings is 1. The number of methoxy groups -OCH3 is 1. The van der Waals surface area contributed by atoms with Crippen molar-refractivity contribution in [2.75, 3.05) is 38.7 Å². The molecule has 1 saturated heterocycles. The quantitative estimate of drug-likeness (QED) is 0.507. The molecule has 1 unspecified atom stereocenters. The van der Waals surface area contributed by atoms with Crippen LogP contribution in [0, 0.1) is 10.1 Å². The lowest BCUT2D eigenvalue weighted by atomic mass is 10.2. The normalized spacial score (nSPS) is 15.0. The van der Waals surface area contributed by atoms with E-state index >= 15 is 0 Å². The van der Waals surface area contributed by atoms with Crippen LogP contribution in [0.1, 0.15) is 30.4 Å². The van der Waals surface area contributed by atoms with E-state index in [1.165, 1.54) is 24.9 Å². The molecule has 1 N–H and O–H groups in total. The van der Waals surface area contributed by atoms with Crippen LogP contribution in [0.25, 0.3) is 0 Å². The van der Waals surface area contributed by atoms with Crippen molar-refractivity contribution in [3.63, 3.8) is 0 Å². The smallest absolute Gasteiger partial charge is 0.350 e. The molecule has 162 valence electrons. The first-order valence-corrected chi connectivity index (χ1v) is 9.38. The predicted molar refractivity (Wildman–Crippen MR) is 103 cm³/mol. The van der Waals surface area contributed by atoms with Crippen LogP contribution in [-0.4, -0.2) is 74.6 Å². The van der Waals surface area contributed by atoms with Crippen molar-refractivity contribution in [2.45, 2.75) is 26.4 Å². The summed E-state index contributed by atoms with van der Waals surface area (Å²) >= 11 is 0. The first-order valence-electron chi connectivity index (χ1n) is 9.38. The van der Waals surface area contributed by atoms with Crippen LogP contribution in [0.5, 0.6) is 5.88 Å². The number of aromatic nitrogens is 4. The Kier molecular flexibility index (Phi) is 6.30. The van der Waals surface area contributed by atoms with Crippen LogP contribution in [0.4, 0.5) is 11.4 Å². The molecular weight excluding hydrogens is 398 g/mol. The van der Waals surface area contributed by atoms with Gasteiger partial charge in [-0.3, -0.25) is 24.4 Å². The van der Waals surface area contributed by atoms with E-state index in [0.717, 1.165) is 10.9 Å². The number of hydrogen-bond donors (Lipinski definition) is 1. The molecule has 13 nitrogen and oxygen atoms in total. The third-order valence-electron chi connectivity index (χ3n) is 4.74. The summed E-state index contributed by atoms with van der Waals surface area (Å²) in [7, 11) is 1.26. The van der Waals surface area contributed by atoms with E-state index in [9.17, 15) is 19.7 Å². The highest BCUT2D eigenvalue weighted by molar-refractivity contribution is 6.03. The number of nitrogens with one attached hydrogen (secondary N) is 1. The summed E-state index contributed by atoms with van der Waals surface area (Å²) in [5.74, 6) is -0.958. The lowest BCUT2D eigenvalue weighted by Crippen LogP contribution is -2.42. The molecule has 1 aliphatic rings. The van der Waals surface area contributed by atoms with Gasteiger partial charge < -0.3 is 19.7 Å². The van der Waals surface area contributed by atoms with E-state index in [1.807, 2.05) is 6.92 Å². The Morgan fingerprint density at radius 1 is 1.40 bits per heavy atom. The van der Waals surface area contributed by atoms with Crippen LogP contribution in [0.2, 0.25) is 0 Å². The molecule has 3 rings (SSSR count). The van der Waals surface area contributed by atoms with Gasteiger partial charge in [0, 0.05) is 19.6 Å². The number of rotatable bonds is 7. The Morgan fingerprint density at radius 2 is 2.10 bits per heavy atom. The standard InChI is InChI=1S/C17H23N7O6/c1-4-22-14(17(26)21-5-7-30-8-6-21)12(9-18-22)19-15(25)11(2)23-10-13(24(27)28)16(20-23)29-3/h9-11H,4-8H2,1-3H3,(H,19,25). The Balaban J connectivity index is 1.82. The molecule has 30 heavy (non-hydrogen) atoms. The zero-order valence-electron chi connectivity index (χ0n) is 16.9. The highest BCUT2D eigenvalue weighted by Gasteiger charge is 2.29. The van der Waals surface area contributed by atoms with Gasteiger partial charge in [-0.2, -0.15) is 5.10 Å². The van der Waals surface area contributed by atoms with Gasteiger partial charge in [-0.15, -0.1) is 5.10 Å². The molecule has 3 heterocycles. The third kappa shape index (κ3) is 4.10. The summed E-state index contributed by atoms with van der Waals surface area (Å²) in [6.07, 6.45) is 2.53. The first-order chi connectivity index (χ1) is 14.4.